The van der Waals surface area contributed by atoms with Crippen LogP contribution in [0.3, 0.4) is 0 Å². The third-order valence-corrected chi connectivity index (χ3v) is 11.0. The van der Waals surface area contributed by atoms with Gasteiger partial charge in [-0.2, -0.15) is 11.3 Å². The normalized spacial score (nSPS) is 13.1. The van der Waals surface area contributed by atoms with Crippen LogP contribution in [0.15, 0.2) is 91.3 Å². The van der Waals surface area contributed by atoms with E-state index in [4.69, 9.17) is 4.98 Å². The molecule has 1 radical (unpaired) electrons. The molecule has 1 fully saturated rings. The van der Waals surface area contributed by atoms with Crippen molar-refractivity contribution in [1.29, 1.82) is 0 Å². The summed E-state index contributed by atoms with van der Waals surface area (Å²) in [7, 11) is -1.47. The Balaban J connectivity index is 0.000000189. The zero-order valence-corrected chi connectivity index (χ0v) is 29.1. The van der Waals surface area contributed by atoms with Gasteiger partial charge in [-0.05, 0) is 63.8 Å². The molecule has 0 aliphatic heterocycles. The maximum absolute atomic E-state index is 4.72. The van der Waals surface area contributed by atoms with Crippen LogP contribution in [0.1, 0.15) is 49.7 Å². The van der Waals surface area contributed by atoms with Crippen LogP contribution >= 0.6 is 11.3 Å². The Labute approximate surface area is 268 Å². The van der Waals surface area contributed by atoms with E-state index in [-0.39, 0.29) is 20.1 Å². The SMILES string of the molecule is CC(C)c1ccc(-c2[c-]cccc2)nc1.C[Si](C)(C)c1c[c-]c(-c2cc(C3CC3)ccn2)c2sc3ccccc3c12.[Ir]. The Morgan fingerprint density at radius 1 is 0.881 bits per heavy atom. The second kappa shape index (κ2) is 12.7. The molecular weight excluding hydrogens is 725 g/mol. The standard InChI is InChI=1S/C23H22NSSi.C14H14N.Ir/c1-26(2,3)21-11-10-17(19-14-16(12-13-24-19)15-8-9-15)23-22(21)18-6-4-5-7-20(18)25-23;1-11(2)13-8-9-14(15-10-13)12-6-4-3-5-7-12;/h4-7,11-15H,8-9H2,1-3H3;3-6,8-11H,1-2H3;/q2*-1;. The van der Waals surface area contributed by atoms with Gasteiger partial charge >= 0.3 is 0 Å². The predicted octanol–water partition coefficient (Wildman–Crippen LogP) is 10.0. The van der Waals surface area contributed by atoms with Crippen molar-refractivity contribution in [3.05, 3.63) is 115 Å². The average Bonchev–Trinajstić information content (AvgIpc) is 3.77. The molecule has 3 aromatic carbocycles. The van der Waals surface area contributed by atoms with E-state index in [1.54, 1.807) is 0 Å². The number of hydrogen-bond donors (Lipinski definition) is 0. The smallest absolute Gasteiger partial charge is 0.0300 e. The van der Waals surface area contributed by atoms with Gasteiger partial charge in [0.15, 0.2) is 0 Å². The van der Waals surface area contributed by atoms with Crippen LogP contribution in [0.25, 0.3) is 42.7 Å². The Bertz CT molecular complexity index is 1800. The van der Waals surface area contributed by atoms with Crippen molar-refractivity contribution < 1.29 is 20.1 Å². The molecule has 1 saturated carbocycles. The molecule has 0 amide bonds. The van der Waals surface area contributed by atoms with E-state index in [0.717, 1.165) is 22.9 Å². The predicted molar refractivity (Wildman–Crippen MR) is 179 cm³/mol. The fourth-order valence-electron chi connectivity index (χ4n) is 5.27. The first-order valence-corrected chi connectivity index (χ1v) is 18.9. The number of hydrogen-bond acceptors (Lipinski definition) is 3. The Hall–Kier alpha value is -2.95. The van der Waals surface area contributed by atoms with Gasteiger partial charge in [-0.15, -0.1) is 58.8 Å². The number of nitrogens with zero attached hydrogens (tertiary/aromatic N) is 2. The van der Waals surface area contributed by atoms with Crippen LogP contribution in [-0.4, -0.2) is 18.0 Å². The molecule has 1 aliphatic carbocycles. The monoisotopic (exact) mass is 761 g/mol. The maximum Gasteiger partial charge on any atom is 0.0300 e. The van der Waals surface area contributed by atoms with Crippen LogP contribution in [0.5, 0.6) is 0 Å². The Kier molecular flexibility index (Phi) is 9.24. The van der Waals surface area contributed by atoms with Gasteiger partial charge in [-0.25, -0.2) is 0 Å². The number of benzene rings is 3. The zero-order chi connectivity index (χ0) is 28.6. The zero-order valence-electron chi connectivity index (χ0n) is 24.9. The maximum atomic E-state index is 4.72. The van der Waals surface area contributed by atoms with Crippen molar-refractivity contribution in [2.24, 2.45) is 0 Å². The van der Waals surface area contributed by atoms with E-state index < -0.39 is 8.07 Å². The summed E-state index contributed by atoms with van der Waals surface area (Å²) in [5.41, 5.74) is 6.99. The molecular formula is C37H36IrN2SSi-2. The largest absolute Gasteiger partial charge is 0.305 e. The van der Waals surface area contributed by atoms with Crippen molar-refractivity contribution >= 4 is 44.8 Å². The minimum atomic E-state index is -1.47. The quantitative estimate of drug-likeness (QED) is 0.129. The summed E-state index contributed by atoms with van der Waals surface area (Å²) in [6, 6.07) is 34.4. The summed E-state index contributed by atoms with van der Waals surface area (Å²) in [4.78, 5) is 9.16. The van der Waals surface area contributed by atoms with Gasteiger partial charge < -0.3 is 9.97 Å². The van der Waals surface area contributed by atoms with E-state index in [9.17, 15) is 0 Å². The molecule has 6 aromatic rings. The van der Waals surface area contributed by atoms with E-state index in [1.807, 2.05) is 48.0 Å². The molecule has 2 nitrogen and oxygen atoms in total. The summed E-state index contributed by atoms with van der Waals surface area (Å²) in [6.07, 6.45) is 6.56. The fraction of sp³-hybridized carbons (Fsp3) is 0.243. The van der Waals surface area contributed by atoms with Crippen molar-refractivity contribution in [1.82, 2.24) is 9.97 Å². The van der Waals surface area contributed by atoms with Crippen molar-refractivity contribution in [3.63, 3.8) is 0 Å². The number of aromatic nitrogens is 2. The number of pyridine rings is 2. The molecule has 0 unspecified atom stereocenters. The van der Waals surface area contributed by atoms with Crippen LogP contribution in [0.2, 0.25) is 19.6 Å². The molecule has 42 heavy (non-hydrogen) atoms. The van der Waals surface area contributed by atoms with Crippen LogP contribution in [0, 0.1) is 12.1 Å². The first-order valence-electron chi connectivity index (χ1n) is 14.6. The molecule has 7 rings (SSSR count). The van der Waals surface area contributed by atoms with Crippen LogP contribution < -0.4 is 5.19 Å². The van der Waals surface area contributed by atoms with Crippen molar-refractivity contribution in [2.45, 2.75) is 58.2 Å². The second-order valence-corrected chi connectivity index (χ2v) is 18.4. The molecule has 0 N–H and O–H groups in total. The van der Waals surface area contributed by atoms with Gasteiger partial charge in [0.2, 0.25) is 0 Å². The number of rotatable bonds is 5. The van der Waals surface area contributed by atoms with Gasteiger partial charge in [0.1, 0.15) is 0 Å². The molecule has 0 spiro atoms. The molecule has 0 saturated heterocycles. The Morgan fingerprint density at radius 2 is 1.67 bits per heavy atom. The minimum absolute atomic E-state index is 0. The van der Waals surface area contributed by atoms with E-state index in [2.05, 4.69) is 105 Å². The van der Waals surface area contributed by atoms with Gasteiger partial charge in [0.05, 0.1) is 0 Å². The third-order valence-electron chi connectivity index (χ3n) is 7.79. The molecule has 0 bridgehead atoms. The first-order chi connectivity index (χ1) is 19.8. The molecule has 1 aliphatic rings. The van der Waals surface area contributed by atoms with Gasteiger partial charge in [-0.1, -0.05) is 80.8 Å². The van der Waals surface area contributed by atoms with E-state index in [0.29, 0.717) is 5.92 Å². The fourth-order valence-corrected chi connectivity index (χ4v) is 8.11. The van der Waals surface area contributed by atoms with Crippen LogP contribution in [0.4, 0.5) is 0 Å². The number of thiophene rings is 1. The van der Waals surface area contributed by atoms with E-state index >= 15 is 0 Å². The van der Waals surface area contributed by atoms with Crippen molar-refractivity contribution in [2.75, 3.05) is 0 Å². The molecule has 5 heteroatoms. The summed E-state index contributed by atoms with van der Waals surface area (Å²) in [6.45, 7) is 11.6. The minimum Gasteiger partial charge on any atom is -0.305 e. The molecule has 215 valence electrons. The molecule has 3 heterocycles. The summed E-state index contributed by atoms with van der Waals surface area (Å²) >= 11 is 1.89. The summed E-state index contributed by atoms with van der Waals surface area (Å²) < 4.78 is 2.72. The third kappa shape index (κ3) is 6.50. The van der Waals surface area contributed by atoms with Crippen molar-refractivity contribution in [3.8, 4) is 22.5 Å². The summed E-state index contributed by atoms with van der Waals surface area (Å²) in [5.74, 6) is 1.28. The topological polar surface area (TPSA) is 25.8 Å². The molecule has 3 aromatic heterocycles. The summed E-state index contributed by atoms with van der Waals surface area (Å²) in [5, 5.41) is 4.34. The first kappa shape index (κ1) is 30.5. The van der Waals surface area contributed by atoms with Crippen LogP contribution in [-0.2, 0) is 20.1 Å². The average molecular weight is 761 g/mol. The second-order valence-electron chi connectivity index (χ2n) is 12.3. The Morgan fingerprint density at radius 3 is 2.33 bits per heavy atom. The van der Waals surface area contributed by atoms with Gasteiger partial charge in [-0.3, -0.25) is 0 Å². The number of fused-ring (bicyclic) bond motifs is 3. The van der Waals surface area contributed by atoms with Gasteiger partial charge in [0.25, 0.3) is 0 Å². The van der Waals surface area contributed by atoms with E-state index in [1.165, 1.54) is 54.9 Å². The molecule has 0 atom stereocenters. The van der Waals surface area contributed by atoms with Gasteiger partial charge in [0, 0.05) is 45.3 Å².